The van der Waals surface area contributed by atoms with E-state index in [0.29, 0.717) is 36.0 Å². The first-order chi connectivity index (χ1) is 11.0. The Morgan fingerprint density at radius 1 is 1.26 bits per heavy atom. The second-order valence-electron chi connectivity index (χ2n) is 4.83. The fourth-order valence-electron chi connectivity index (χ4n) is 2.06. The Labute approximate surface area is 134 Å². The number of carbonyl (C=O) groups is 2. The third kappa shape index (κ3) is 4.15. The van der Waals surface area contributed by atoms with Gasteiger partial charge in [-0.1, -0.05) is 0 Å². The highest BCUT2D eigenvalue weighted by Crippen LogP contribution is 2.40. The smallest absolute Gasteiger partial charge is 0.328 e. The lowest BCUT2D eigenvalue weighted by Gasteiger charge is -2.20. The second kappa shape index (κ2) is 7.53. The maximum atomic E-state index is 11.8. The number of carbonyl (C=O) groups excluding carboxylic acids is 2. The standard InChI is InChI=1S/C16H19NO6/c1-10(16(19)21-3)17-14(18)5-4-11-8-12(20-2)15-13(9-11)22-6-7-23-15/h4-5,8-10H,6-7H2,1-3H3,(H,17,18)/b5-4+. The van der Waals surface area contributed by atoms with Gasteiger partial charge in [0.2, 0.25) is 11.7 Å². The number of rotatable bonds is 5. The van der Waals surface area contributed by atoms with E-state index in [1.807, 2.05) is 0 Å². The summed E-state index contributed by atoms with van der Waals surface area (Å²) in [5, 5.41) is 2.50. The van der Waals surface area contributed by atoms with Crippen molar-refractivity contribution in [1.29, 1.82) is 0 Å². The zero-order valence-corrected chi connectivity index (χ0v) is 13.3. The number of methoxy groups -OCH3 is 2. The molecule has 0 saturated carbocycles. The fraction of sp³-hybridized carbons (Fsp3) is 0.375. The SMILES string of the molecule is COC(=O)C(C)NC(=O)/C=C/c1cc(OC)c2c(c1)OCCO2. The Morgan fingerprint density at radius 3 is 2.70 bits per heavy atom. The van der Waals surface area contributed by atoms with Crippen LogP contribution in [0, 0.1) is 0 Å². The quantitative estimate of drug-likeness (QED) is 0.647. The molecule has 1 aliphatic rings. The third-order valence-corrected chi connectivity index (χ3v) is 3.19. The molecule has 1 heterocycles. The molecule has 0 fully saturated rings. The number of hydrogen-bond acceptors (Lipinski definition) is 6. The first kappa shape index (κ1) is 16.7. The number of hydrogen-bond donors (Lipinski definition) is 1. The van der Waals surface area contributed by atoms with Crippen molar-refractivity contribution in [2.24, 2.45) is 0 Å². The van der Waals surface area contributed by atoms with Gasteiger partial charge in [0, 0.05) is 6.08 Å². The molecule has 0 spiro atoms. The Hall–Kier alpha value is -2.70. The van der Waals surface area contributed by atoms with Crippen LogP contribution in [0.25, 0.3) is 6.08 Å². The number of fused-ring (bicyclic) bond motifs is 1. The topological polar surface area (TPSA) is 83.1 Å². The summed E-state index contributed by atoms with van der Waals surface area (Å²) in [7, 11) is 2.80. The molecule has 0 aromatic heterocycles. The number of ether oxygens (including phenoxy) is 4. The molecule has 0 saturated heterocycles. The highest BCUT2D eigenvalue weighted by molar-refractivity contribution is 5.94. The third-order valence-electron chi connectivity index (χ3n) is 3.19. The highest BCUT2D eigenvalue weighted by atomic mass is 16.6. The average Bonchev–Trinajstić information content (AvgIpc) is 2.58. The Balaban J connectivity index is 2.10. The number of amides is 1. The largest absolute Gasteiger partial charge is 0.493 e. The summed E-state index contributed by atoms with van der Waals surface area (Å²) in [6.07, 6.45) is 2.92. The van der Waals surface area contributed by atoms with Crippen LogP contribution in [0.1, 0.15) is 12.5 Å². The van der Waals surface area contributed by atoms with Crippen molar-refractivity contribution in [3.63, 3.8) is 0 Å². The average molecular weight is 321 g/mol. The van der Waals surface area contributed by atoms with Crippen LogP contribution < -0.4 is 19.5 Å². The predicted molar refractivity (Wildman–Crippen MR) is 82.6 cm³/mol. The molecule has 1 amide bonds. The predicted octanol–water partition coefficient (Wildman–Crippen LogP) is 1.16. The Morgan fingerprint density at radius 2 is 2.00 bits per heavy atom. The van der Waals surface area contributed by atoms with Crippen molar-refractivity contribution in [3.8, 4) is 17.2 Å². The van der Waals surface area contributed by atoms with Gasteiger partial charge < -0.3 is 24.3 Å². The van der Waals surface area contributed by atoms with Gasteiger partial charge in [0.05, 0.1) is 14.2 Å². The Kier molecular flexibility index (Phi) is 5.46. The lowest BCUT2D eigenvalue weighted by atomic mass is 10.1. The van der Waals surface area contributed by atoms with Crippen LogP contribution >= 0.6 is 0 Å². The van der Waals surface area contributed by atoms with Gasteiger partial charge in [0.1, 0.15) is 19.3 Å². The molecule has 7 nitrogen and oxygen atoms in total. The van der Waals surface area contributed by atoms with Crippen molar-refractivity contribution in [3.05, 3.63) is 23.8 Å². The molecule has 1 atom stereocenters. The summed E-state index contributed by atoms with van der Waals surface area (Å²) in [5.41, 5.74) is 0.715. The highest BCUT2D eigenvalue weighted by Gasteiger charge is 2.18. The van der Waals surface area contributed by atoms with Crippen molar-refractivity contribution >= 4 is 18.0 Å². The maximum absolute atomic E-state index is 11.8. The van der Waals surface area contributed by atoms with Gasteiger partial charge in [-0.25, -0.2) is 4.79 Å². The zero-order chi connectivity index (χ0) is 16.8. The number of esters is 1. The van der Waals surface area contributed by atoms with Gasteiger partial charge in [0.25, 0.3) is 0 Å². The van der Waals surface area contributed by atoms with Gasteiger partial charge in [0.15, 0.2) is 11.5 Å². The van der Waals surface area contributed by atoms with E-state index in [9.17, 15) is 9.59 Å². The van der Waals surface area contributed by atoms with Gasteiger partial charge >= 0.3 is 5.97 Å². The van der Waals surface area contributed by atoms with E-state index < -0.39 is 17.9 Å². The van der Waals surface area contributed by atoms with E-state index in [0.717, 1.165) is 0 Å². The molecular formula is C16H19NO6. The second-order valence-corrected chi connectivity index (χ2v) is 4.83. The number of nitrogens with one attached hydrogen (secondary N) is 1. The molecule has 1 aromatic carbocycles. The van der Waals surface area contributed by atoms with E-state index in [1.54, 1.807) is 25.1 Å². The lowest BCUT2D eigenvalue weighted by Crippen LogP contribution is -2.38. The van der Waals surface area contributed by atoms with E-state index in [4.69, 9.17) is 14.2 Å². The first-order valence-corrected chi connectivity index (χ1v) is 7.09. The minimum Gasteiger partial charge on any atom is -0.493 e. The molecule has 0 bridgehead atoms. The molecule has 23 heavy (non-hydrogen) atoms. The van der Waals surface area contributed by atoms with Gasteiger partial charge in [-0.2, -0.15) is 0 Å². The molecular weight excluding hydrogens is 302 g/mol. The van der Waals surface area contributed by atoms with Gasteiger partial charge in [-0.15, -0.1) is 0 Å². The van der Waals surface area contributed by atoms with Crippen molar-refractivity contribution in [1.82, 2.24) is 5.32 Å². The van der Waals surface area contributed by atoms with Crippen LogP contribution in [-0.4, -0.2) is 45.4 Å². The normalized spacial score (nSPS) is 14.2. The molecule has 1 aliphatic heterocycles. The minimum atomic E-state index is -0.716. The van der Waals surface area contributed by atoms with Crippen molar-refractivity contribution in [2.45, 2.75) is 13.0 Å². The van der Waals surface area contributed by atoms with Gasteiger partial charge in [-0.3, -0.25) is 4.79 Å². The summed E-state index contributed by atoms with van der Waals surface area (Å²) in [6, 6.07) is 2.78. The van der Waals surface area contributed by atoms with Crippen LogP contribution in [0.5, 0.6) is 17.2 Å². The summed E-state index contributed by atoms with van der Waals surface area (Å²) >= 11 is 0. The molecule has 1 N–H and O–H groups in total. The minimum absolute atomic E-state index is 0.406. The van der Waals surface area contributed by atoms with Crippen molar-refractivity contribution < 1.29 is 28.5 Å². The monoisotopic (exact) mass is 321 g/mol. The lowest BCUT2D eigenvalue weighted by molar-refractivity contribution is -0.144. The summed E-state index contributed by atoms with van der Waals surface area (Å²) < 4.78 is 20.8. The number of benzene rings is 1. The van der Waals surface area contributed by atoms with Crippen LogP contribution in [-0.2, 0) is 14.3 Å². The maximum Gasteiger partial charge on any atom is 0.328 e. The zero-order valence-electron chi connectivity index (χ0n) is 13.3. The van der Waals surface area contributed by atoms with E-state index in [-0.39, 0.29) is 0 Å². The van der Waals surface area contributed by atoms with Crippen LogP contribution in [0.15, 0.2) is 18.2 Å². The molecule has 2 rings (SSSR count). The summed E-state index contributed by atoms with van der Waals surface area (Å²) in [6.45, 7) is 2.47. The first-order valence-electron chi connectivity index (χ1n) is 7.09. The molecule has 0 aliphatic carbocycles. The summed E-state index contributed by atoms with van der Waals surface area (Å²) in [5.74, 6) is 0.743. The van der Waals surface area contributed by atoms with Crippen molar-refractivity contribution in [2.75, 3.05) is 27.4 Å². The fourth-order valence-corrected chi connectivity index (χ4v) is 2.06. The van der Waals surface area contributed by atoms with E-state index in [1.165, 1.54) is 20.3 Å². The Bertz CT molecular complexity index is 608. The van der Waals surface area contributed by atoms with E-state index >= 15 is 0 Å². The van der Waals surface area contributed by atoms with E-state index in [2.05, 4.69) is 10.1 Å². The van der Waals surface area contributed by atoms with Crippen LogP contribution in [0.2, 0.25) is 0 Å². The molecule has 0 radical (unpaired) electrons. The van der Waals surface area contributed by atoms with Crippen LogP contribution in [0.3, 0.4) is 0 Å². The molecule has 1 aromatic rings. The molecule has 1 unspecified atom stereocenters. The summed E-state index contributed by atoms with van der Waals surface area (Å²) in [4.78, 5) is 23.1. The van der Waals surface area contributed by atoms with Crippen LogP contribution in [0.4, 0.5) is 0 Å². The molecule has 7 heteroatoms. The molecule has 124 valence electrons. The van der Waals surface area contributed by atoms with Gasteiger partial charge in [-0.05, 0) is 30.7 Å².